The average Bonchev–Trinajstić information content (AvgIpc) is 2.84. The van der Waals surface area contributed by atoms with Gasteiger partial charge in [0.25, 0.3) is 0 Å². The van der Waals surface area contributed by atoms with Gasteiger partial charge in [0, 0.05) is 12.4 Å². The minimum Gasteiger partial charge on any atom is -0.438 e. The predicted octanol–water partition coefficient (Wildman–Crippen LogP) is 1.35. The molecule has 1 atom stereocenters. The number of para-hydroxylation sites is 1. The number of benzene rings is 1. The number of ether oxygens (including phenoxy) is 1. The second kappa shape index (κ2) is 3.23. The number of alkyl carbamates (subject to hydrolysis) is 1. The van der Waals surface area contributed by atoms with Crippen molar-refractivity contribution in [3.63, 3.8) is 0 Å². The highest BCUT2D eigenvalue weighted by atomic mass is 16.6. The number of carbonyl (C=O) groups is 1. The highest BCUT2D eigenvalue weighted by Gasteiger charge is 2.28. The van der Waals surface area contributed by atoms with Crippen LogP contribution in [0.15, 0.2) is 24.3 Å². The Morgan fingerprint density at radius 2 is 2.31 bits per heavy atom. The van der Waals surface area contributed by atoms with Gasteiger partial charge in [-0.25, -0.2) is 4.79 Å². The monoisotopic (exact) mass is 217 g/mol. The maximum absolute atomic E-state index is 11.0. The fourth-order valence-electron chi connectivity index (χ4n) is 2.02. The van der Waals surface area contributed by atoms with E-state index in [-0.39, 0.29) is 12.2 Å². The van der Waals surface area contributed by atoms with Crippen LogP contribution in [0.5, 0.6) is 0 Å². The van der Waals surface area contributed by atoms with Crippen LogP contribution in [0.3, 0.4) is 0 Å². The van der Waals surface area contributed by atoms with Crippen molar-refractivity contribution in [3.05, 3.63) is 30.0 Å². The summed E-state index contributed by atoms with van der Waals surface area (Å²) in [7, 11) is 1.88. The first-order valence-corrected chi connectivity index (χ1v) is 5.12. The molecule has 1 amide bonds. The van der Waals surface area contributed by atoms with Crippen molar-refractivity contribution < 1.29 is 9.53 Å². The Hall–Kier alpha value is -2.04. The lowest BCUT2D eigenvalue weighted by molar-refractivity contribution is 0.139. The van der Waals surface area contributed by atoms with Crippen molar-refractivity contribution in [1.29, 1.82) is 0 Å². The van der Waals surface area contributed by atoms with Gasteiger partial charge < -0.3 is 10.1 Å². The SMILES string of the molecule is Cn1nc(C2CNC(=O)O2)c2ccccc21. The molecule has 2 aromatic rings. The summed E-state index contributed by atoms with van der Waals surface area (Å²) in [6, 6.07) is 7.91. The summed E-state index contributed by atoms with van der Waals surface area (Å²) in [5.41, 5.74) is 1.86. The van der Waals surface area contributed by atoms with Crippen LogP contribution in [0.2, 0.25) is 0 Å². The molecule has 1 fully saturated rings. The smallest absolute Gasteiger partial charge is 0.408 e. The number of hydrogen-bond donors (Lipinski definition) is 1. The van der Waals surface area contributed by atoms with E-state index in [1.54, 1.807) is 4.68 Å². The first kappa shape index (κ1) is 9.21. The maximum atomic E-state index is 11.0. The third-order valence-corrected chi connectivity index (χ3v) is 2.77. The lowest BCUT2D eigenvalue weighted by atomic mass is 10.1. The zero-order valence-electron chi connectivity index (χ0n) is 8.80. The number of rotatable bonds is 1. The van der Waals surface area contributed by atoms with Crippen molar-refractivity contribution in [1.82, 2.24) is 15.1 Å². The third kappa shape index (κ3) is 1.25. The molecular formula is C11H11N3O2. The van der Waals surface area contributed by atoms with E-state index in [4.69, 9.17) is 4.74 Å². The summed E-state index contributed by atoms with van der Waals surface area (Å²) in [6.45, 7) is 0.486. The molecule has 0 saturated carbocycles. The predicted molar refractivity (Wildman–Crippen MR) is 57.9 cm³/mol. The van der Waals surface area contributed by atoms with Gasteiger partial charge in [-0.1, -0.05) is 18.2 Å². The Morgan fingerprint density at radius 1 is 1.50 bits per heavy atom. The van der Waals surface area contributed by atoms with Crippen molar-refractivity contribution >= 4 is 17.0 Å². The van der Waals surface area contributed by atoms with Crippen LogP contribution in [0.4, 0.5) is 4.79 Å². The molecule has 82 valence electrons. The maximum Gasteiger partial charge on any atom is 0.408 e. The summed E-state index contributed by atoms with van der Waals surface area (Å²) in [4.78, 5) is 11.0. The zero-order valence-corrected chi connectivity index (χ0v) is 8.80. The second-order valence-electron chi connectivity index (χ2n) is 3.80. The minimum absolute atomic E-state index is 0.279. The summed E-state index contributed by atoms with van der Waals surface area (Å²) < 4.78 is 6.95. The minimum atomic E-state index is -0.375. The fraction of sp³-hybridized carbons (Fsp3) is 0.273. The number of aryl methyl sites for hydroxylation is 1. The van der Waals surface area contributed by atoms with Crippen LogP contribution >= 0.6 is 0 Å². The molecule has 2 heterocycles. The molecule has 0 bridgehead atoms. The second-order valence-corrected chi connectivity index (χ2v) is 3.80. The molecule has 16 heavy (non-hydrogen) atoms. The standard InChI is InChI=1S/C11H11N3O2/c1-14-8-5-3-2-4-7(8)10(13-14)9-6-12-11(15)16-9/h2-5,9H,6H2,1H3,(H,12,15). The summed E-state index contributed by atoms with van der Waals surface area (Å²) in [5.74, 6) is 0. The van der Waals surface area contributed by atoms with Gasteiger partial charge in [0.15, 0.2) is 6.10 Å². The Balaban J connectivity index is 2.13. The number of aromatic nitrogens is 2. The van der Waals surface area contributed by atoms with Gasteiger partial charge in [0.2, 0.25) is 0 Å². The van der Waals surface area contributed by atoms with E-state index in [9.17, 15) is 4.79 Å². The summed E-state index contributed by atoms with van der Waals surface area (Å²) >= 11 is 0. The van der Waals surface area contributed by atoms with Crippen molar-refractivity contribution in [2.75, 3.05) is 6.54 Å². The Labute approximate surface area is 92.0 Å². The van der Waals surface area contributed by atoms with Crippen molar-refractivity contribution in [2.45, 2.75) is 6.10 Å². The van der Waals surface area contributed by atoms with Crippen LogP contribution in [-0.4, -0.2) is 22.4 Å². The lowest BCUT2D eigenvalue weighted by Crippen LogP contribution is -2.12. The molecular weight excluding hydrogens is 206 g/mol. The molecule has 1 N–H and O–H groups in total. The van der Waals surface area contributed by atoms with Gasteiger partial charge in [-0.05, 0) is 6.07 Å². The first-order valence-electron chi connectivity index (χ1n) is 5.12. The molecule has 1 aliphatic heterocycles. The number of nitrogens with zero attached hydrogens (tertiary/aromatic N) is 2. The van der Waals surface area contributed by atoms with E-state index in [2.05, 4.69) is 10.4 Å². The van der Waals surface area contributed by atoms with E-state index in [0.29, 0.717) is 6.54 Å². The van der Waals surface area contributed by atoms with Crippen molar-refractivity contribution in [3.8, 4) is 0 Å². The summed E-state index contributed by atoms with van der Waals surface area (Å²) in [5, 5.41) is 8.07. The number of cyclic esters (lactones) is 1. The molecule has 1 aliphatic rings. The molecule has 3 rings (SSSR count). The van der Waals surface area contributed by atoms with Gasteiger partial charge in [-0.3, -0.25) is 4.68 Å². The van der Waals surface area contributed by atoms with E-state index in [1.165, 1.54) is 0 Å². The Kier molecular flexibility index (Phi) is 1.86. The third-order valence-electron chi connectivity index (χ3n) is 2.77. The average molecular weight is 217 g/mol. The number of fused-ring (bicyclic) bond motifs is 1. The van der Waals surface area contributed by atoms with Crippen LogP contribution < -0.4 is 5.32 Å². The number of amides is 1. The normalized spacial score (nSPS) is 19.8. The van der Waals surface area contributed by atoms with Gasteiger partial charge >= 0.3 is 6.09 Å². The van der Waals surface area contributed by atoms with Crippen LogP contribution in [0.1, 0.15) is 11.8 Å². The van der Waals surface area contributed by atoms with Gasteiger partial charge in [0.1, 0.15) is 5.69 Å². The Bertz CT molecular complexity index is 561. The number of carbonyl (C=O) groups excluding carboxylic acids is 1. The molecule has 0 spiro atoms. The molecule has 1 saturated heterocycles. The van der Waals surface area contributed by atoms with Crippen molar-refractivity contribution in [2.24, 2.45) is 7.05 Å². The van der Waals surface area contributed by atoms with E-state index < -0.39 is 0 Å². The van der Waals surface area contributed by atoms with Gasteiger partial charge in [-0.2, -0.15) is 5.10 Å². The van der Waals surface area contributed by atoms with E-state index in [1.807, 2.05) is 31.3 Å². The molecule has 5 nitrogen and oxygen atoms in total. The number of hydrogen-bond acceptors (Lipinski definition) is 3. The molecule has 0 aliphatic carbocycles. The molecule has 1 aromatic heterocycles. The van der Waals surface area contributed by atoms with Gasteiger partial charge in [-0.15, -0.1) is 0 Å². The topological polar surface area (TPSA) is 56.2 Å². The van der Waals surface area contributed by atoms with Gasteiger partial charge in [0.05, 0.1) is 12.1 Å². The lowest BCUT2D eigenvalue weighted by Gasteiger charge is -2.03. The molecule has 1 unspecified atom stereocenters. The zero-order chi connectivity index (χ0) is 11.1. The van der Waals surface area contributed by atoms with Crippen LogP contribution in [0, 0.1) is 0 Å². The highest BCUT2D eigenvalue weighted by Crippen LogP contribution is 2.27. The summed E-state index contributed by atoms with van der Waals surface area (Å²) in [6.07, 6.45) is -0.654. The Morgan fingerprint density at radius 3 is 3.06 bits per heavy atom. The van der Waals surface area contributed by atoms with Crippen LogP contribution in [-0.2, 0) is 11.8 Å². The van der Waals surface area contributed by atoms with Crippen LogP contribution in [0.25, 0.3) is 10.9 Å². The molecule has 0 radical (unpaired) electrons. The van der Waals surface area contributed by atoms with E-state index in [0.717, 1.165) is 16.6 Å². The highest BCUT2D eigenvalue weighted by molar-refractivity contribution is 5.83. The number of nitrogens with one attached hydrogen (secondary N) is 1. The largest absolute Gasteiger partial charge is 0.438 e. The quantitative estimate of drug-likeness (QED) is 0.784. The van der Waals surface area contributed by atoms with E-state index >= 15 is 0 Å². The molecule has 5 heteroatoms. The molecule has 1 aromatic carbocycles. The first-order chi connectivity index (χ1) is 7.75. The fourth-order valence-corrected chi connectivity index (χ4v) is 2.02.